The molecule has 0 unspecified atom stereocenters. The first-order valence-electron chi connectivity index (χ1n) is 13.5. The lowest BCUT2D eigenvalue weighted by molar-refractivity contribution is -0.139. The van der Waals surface area contributed by atoms with Gasteiger partial charge in [0.2, 0.25) is 0 Å². The Bertz CT molecular complexity index is 1650. The Kier molecular flexibility index (Phi) is 10.5. The van der Waals surface area contributed by atoms with Crippen molar-refractivity contribution in [2.75, 3.05) is 19.0 Å². The first-order chi connectivity index (χ1) is 20.8. The van der Waals surface area contributed by atoms with E-state index in [-0.39, 0.29) is 6.61 Å². The summed E-state index contributed by atoms with van der Waals surface area (Å²) in [5, 5.41) is 8.95. The fraction of sp³-hybridized carbons (Fsp3) is 0.147. The van der Waals surface area contributed by atoms with Crippen molar-refractivity contribution in [3.8, 4) is 26.6 Å². The molecule has 0 saturated heterocycles. The van der Waals surface area contributed by atoms with Crippen LogP contribution in [0.25, 0.3) is 26.5 Å². The molecule has 4 nitrogen and oxygen atoms in total. The molecule has 0 spiro atoms. The highest BCUT2D eigenvalue weighted by Gasteiger charge is 2.16. The number of thioether (sulfide) groups is 1. The molecule has 0 amide bonds. The van der Waals surface area contributed by atoms with Crippen molar-refractivity contribution in [1.82, 2.24) is 0 Å². The maximum atomic E-state index is 10.9. The number of aryl methyl sites for hydroxylation is 1. The van der Waals surface area contributed by atoms with Gasteiger partial charge in [0.15, 0.2) is 6.61 Å². The van der Waals surface area contributed by atoms with Crippen molar-refractivity contribution in [3.63, 3.8) is 0 Å². The maximum absolute atomic E-state index is 10.9. The van der Waals surface area contributed by atoms with Gasteiger partial charge in [-0.3, -0.25) is 0 Å². The molecule has 0 bridgehead atoms. The molecular formula is C34H28Cl2O4S3. The fourth-order valence-corrected chi connectivity index (χ4v) is 7.60. The second-order valence-corrected chi connectivity index (χ2v) is 14.0. The Hall–Kier alpha value is -3.20. The SMILES string of the molecule is CCOC(CSc1ccc(OCC(=O)O)c(C)c1)=C(c1ccc(-c2ccc(Cl)s2)cc1)c1ccc(-c2ccc(Cl)s2)cc1. The summed E-state index contributed by atoms with van der Waals surface area (Å²) in [6.45, 7) is 4.06. The molecule has 1 N–H and O–H groups in total. The molecule has 5 rings (SSSR count). The van der Waals surface area contributed by atoms with Crippen molar-refractivity contribution in [2.45, 2.75) is 18.7 Å². The predicted molar refractivity (Wildman–Crippen MR) is 182 cm³/mol. The summed E-state index contributed by atoms with van der Waals surface area (Å²) in [6.07, 6.45) is 0. The number of halogens is 2. The number of rotatable bonds is 12. The molecule has 43 heavy (non-hydrogen) atoms. The molecule has 0 aliphatic heterocycles. The van der Waals surface area contributed by atoms with E-state index in [0.29, 0.717) is 18.1 Å². The molecule has 0 fully saturated rings. The molecule has 0 aliphatic rings. The van der Waals surface area contributed by atoms with E-state index in [4.69, 9.17) is 37.8 Å². The van der Waals surface area contributed by atoms with E-state index in [9.17, 15) is 4.79 Å². The van der Waals surface area contributed by atoms with Gasteiger partial charge in [-0.05, 0) is 84.1 Å². The van der Waals surface area contributed by atoms with Crippen molar-refractivity contribution >= 4 is 69.2 Å². The van der Waals surface area contributed by atoms with E-state index in [0.717, 1.165) is 62.5 Å². The Labute approximate surface area is 273 Å². The molecule has 2 aromatic heterocycles. The Morgan fingerprint density at radius 1 is 0.814 bits per heavy atom. The lowest BCUT2D eigenvalue weighted by Crippen LogP contribution is -2.10. The van der Waals surface area contributed by atoms with Gasteiger partial charge in [0, 0.05) is 20.2 Å². The number of ether oxygens (including phenoxy) is 2. The van der Waals surface area contributed by atoms with Crippen LogP contribution >= 0.6 is 57.6 Å². The summed E-state index contributed by atoms with van der Waals surface area (Å²) in [5.74, 6) is 1.03. The Morgan fingerprint density at radius 3 is 1.81 bits per heavy atom. The summed E-state index contributed by atoms with van der Waals surface area (Å²) in [5.41, 5.74) is 6.23. The second-order valence-electron chi connectivity index (χ2n) is 9.49. The van der Waals surface area contributed by atoms with Gasteiger partial charge in [0.1, 0.15) is 11.5 Å². The predicted octanol–water partition coefficient (Wildman–Crippen LogP) is 10.8. The molecule has 5 aromatic rings. The van der Waals surface area contributed by atoms with Gasteiger partial charge in [-0.15, -0.1) is 34.4 Å². The number of aliphatic carboxylic acids is 1. The number of hydrogen-bond acceptors (Lipinski definition) is 6. The highest BCUT2D eigenvalue weighted by molar-refractivity contribution is 7.99. The van der Waals surface area contributed by atoms with E-state index in [1.165, 1.54) is 0 Å². The van der Waals surface area contributed by atoms with Crippen LogP contribution in [0.5, 0.6) is 5.75 Å². The van der Waals surface area contributed by atoms with E-state index >= 15 is 0 Å². The summed E-state index contributed by atoms with van der Waals surface area (Å²) in [6, 6.07) is 30.7. The zero-order valence-corrected chi connectivity index (χ0v) is 27.4. The van der Waals surface area contributed by atoms with Crippen LogP contribution in [0.1, 0.15) is 23.6 Å². The van der Waals surface area contributed by atoms with Gasteiger partial charge < -0.3 is 14.6 Å². The number of carbonyl (C=O) groups is 1. The third-order valence-corrected chi connectivity index (χ3v) is 10.1. The van der Waals surface area contributed by atoms with Crippen molar-refractivity contribution < 1.29 is 19.4 Å². The topological polar surface area (TPSA) is 55.8 Å². The minimum atomic E-state index is -1.00. The second kappa shape index (κ2) is 14.5. The lowest BCUT2D eigenvalue weighted by Gasteiger charge is -2.18. The van der Waals surface area contributed by atoms with Crippen molar-refractivity contribution in [2.24, 2.45) is 0 Å². The van der Waals surface area contributed by atoms with Crippen LogP contribution in [0, 0.1) is 6.92 Å². The number of thiophene rings is 2. The summed E-state index contributed by atoms with van der Waals surface area (Å²) in [7, 11) is 0. The van der Waals surface area contributed by atoms with Gasteiger partial charge in [0.05, 0.1) is 21.0 Å². The molecule has 0 saturated carbocycles. The Balaban J connectivity index is 1.49. The summed E-state index contributed by atoms with van der Waals surface area (Å²) in [4.78, 5) is 14.2. The Morgan fingerprint density at radius 2 is 1.37 bits per heavy atom. The highest BCUT2D eigenvalue weighted by Crippen LogP contribution is 2.37. The van der Waals surface area contributed by atoms with Gasteiger partial charge in [-0.25, -0.2) is 4.79 Å². The summed E-state index contributed by atoms with van der Waals surface area (Å²) >= 11 is 17.2. The molecular weight excluding hydrogens is 639 g/mol. The van der Waals surface area contributed by atoms with Gasteiger partial charge in [-0.1, -0.05) is 71.7 Å². The number of benzene rings is 3. The maximum Gasteiger partial charge on any atom is 0.341 e. The third kappa shape index (κ3) is 8.05. The van der Waals surface area contributed by atoms with Crippen LogP contribution in [0.2, 0.25) is 8.67 Å². The van der Waals surface area contributed by atoms with E-state index in [1.807, 2.05) is 56.3 Å². The number of carboxylic acid groups (broad SMARTS) is 1. The molecule has 0 aliphatic carbocycles. The monoisotopic (exact) mass is 666 g/mol. The van der Waals surface area contributed by atoms with E-state index in [1.54, 1.807) is 34.4 Å². The number of carboxylic acids is 1. The average Bonchev–Trinajstić information content (AvgIpc) is 3.64. The molecule has 2 heterocycles. The van der Waals surface area contributed by atoms with Gasteiger partial charge in [-0.2, -0.15) is 0 Å². The first kappa shape index (κ1) is 31.2. The number of hydrogen-bond donors (Lipinski definition) is 1. The molecule has 0 atom stereocenters. The zero-order chi connectivity index (χ0) is 30.3. The average molecular weight is 668 g/mol. The van der Waals surface area contributed by atoms with Crippen molar-refractivity contribution in [1.29, 1.82) is 0 Å². The van der Waals surface area contributed by atoms with Crippen molar-refractivity contribution in [3.05, 3.63) is 122 Å². The van der Waals surface area contributed by atoms with Crippen LogP contribution in [0.4, 0.5) is 0 Å². The minimum absolute atomic E-state index is 0.370. The van der Waals surface area contributed by atoms with Gasteiger partial charge >= 0.3 is 5.97 Å². The lowest BCUT2D eigenvalue weighted by atomic mass is 9.95. The largest absolute Gasteiger partial charge is 0.497 e. The molecule has 220 valence electrons. The summed E-state index contributed by atoms with van der Waals surface area (Å²) < 4.78 is 13.3. The fourth-order valence-electron chi connectivity index (χ4n) is 4.55. The van der Waals surface area contributed by atoms with Crippen LogP contribution in [0.15, 0.2) is 102 Å². The quantitative estimate of drug-likeness (QED) is 0.106. The third-order valence-electron chi connectivity index (χ3n) is 6.53. The first-order valence-corrected chi connectivity index (χ1v) is 16.8. The van der Waals surface area contributed by atoms with Crippen LogP contribution in [0.3, 0.4) is 0 Å². The van der Waals surface area contributed by atoms with Crippen LogP contribution in [-0.4, -0.2) is 30.0 Å². The molecule has 9 heteroatoms. The standard InChI is InChI=1S/C34H28Cl2O4S3/c1-3-39-28(20-41-26-12-13-27(21(2)18-26)40-19-33(37)38)34(24-8-4-22(5-9-24)29-14-16-31(35)42-29)25-10-6-23(7-11-25)30-15-17-32(36)43-30/h4-18H,3,19-20H2,1-2H3,(H,37,38). The zero-order valence-electron chi connectivity index (χ0n) is 23.4. The van der Waals surface area contributed by atoms with E-state index < -0.39 is 5.97 Å². The highest BCUT2D eigenvalue weighted by atomic mass is 35.5. The molecule has 3 aromatic carbocycles. The van der Waals surface area contributed by atoms with Crippen LogP contribution < -0.4 is 4.74 Å². The smallest absolute Gasteiger partial charge is 0.341 e. The minimum Gasteiger partial charge on any atom is -0.497 e. The molecule has 0 radical (unpaired) electrons. The van der Waals surface area contributed by atoms with Crippen LogP contribution in [-0.2, 0) is 9.53 Å². The normalized spacial score (nSPS) is 10.9. The van der Waals surface area contributed by atoms with Gasteiger partial charge in [0.25, 0.3) is 0 Å². The van der Waals surface area contributed by atoms with E-state index in [2.05, 4.69) is 48.5 Å².